The summed E-state index contributed by atoms with van der Waals surface area (Å²) in [6.45, 7) is -6.24. The molecule has 0 radical (unpaired) electrons. The number of amides is 1. The zero-order chi connectivity index (χ0) is 23.6. The summed E-state index contributed by atoms with van der Waals surface area (Å²) < 4.78 is 53.1. The van der Waals surface area contributed by atoms with Gasteiger partial charge in [0.25, 0.3) is 0 Å². The molecule has 0 bridgehead atoms. The third-order valence-corrected chi connectivity index (χ3v) is 5.17. The van der Waals surface area contributed by atoms with Crippen LogP contribution in [0.3, 0.4) is 0 Å². The molecule has 2 aromatic rings. The first-order chi connectivity index (χ1) is 14.7. The van der Waals surface area contributed by atoms with Crippen LogP contribution in [0.1, 0.15) is 33.9 Å². The Kier molecular flexibility index (Phi) is 2.56. The van der Waals surface area contributed by atoms with Gasteiger partial charge in [0.1, 0.15) is 0 Å². The minimum absolute atomic E-state index is 0.0434. The van der Waals surface area contributed by atoms with E-state index in [1.54, 1.807) is 6.08 Å². The molecule has 2 heterocycles. The van der Waals surface area contributed by atoms with Gasteiger partial charge in [0.2, 0.25) is 5.91 Å². The van der Waals surface area contributed by atoms with E-state index in [-0.39, 0.29) is 12.6 Å². The van der Waals surface area contributed by atoms with E-state index in [0.29, 0.717) is 0 Å². The van der Waals surface area contributed by atoms with Crippen LogP contribution in [0.4, 0.5) is 0 Å². The monoisotopic (exact) mass is 346 g/mol. The molecule has 1 aromatic carbocycles. The first-order valence-electron chi connectivity index (χ1n) is 11.8. The molecule has 4 rings (SSSR count). The van der Waals surface area contributed by atoms with Crippen molar-refractivity contribution in [2.75, 3.05) is 20.2 Å². The fourth-order valence-corrected chi connectivity index (χ4v) is 3.96. The molecule has 5 heteroatoms. The number of H-pyrrole nitrogens is 1. The fourth-order valence-electron chi connectivity index (χ4n) is 3.96. The summed E-state index contributed by atoms with van der Waals surface area (Å²) in [4.78, 5) is 18.3. The quantitative estimate of drug-likeness (QED) is 0.792. The smallest absolute Gasteiger partial charge is 0.228 e. The number of carbonyl (C=O) groups excluding carboxylic acids is 1. The summed E-state index contributed by atoms with van der Waals surface area (Å²) in [5, 5.41) is 13.1. The average Bonchev–Trinajstić information content (AvgIpc) is 3.09. The topological polar surface area (TPSA) is 68.4 Å². The average molecular weight is 346 g/mol. The second kappa shape index (κ2) is 6.32. The van der Waals surface area contributed by atoms with Gasteiger partial charge in [0, 0.05) is 36.5 Å². The molecular formula is C20H25N3O2. The van der Waals surface area contributed by atoms with E-state index < -0.39 is 37.7 Å². The lowest BCUT2D eigenvalue weighted by atomic mass is 9.80. The van der Waals surface area contributed by atoms with Crippen molar-refractivity contribution in [3.05, 3.63) is 41.6 Å². The summed E-state index contributed by atoms with van der Waals surface area (Å²) in [5.41, 5.74) is 4.11. The highest BCUT2D eigenvalue weighted by molar-refractivity contribution is 5.99. The number of aromatic amines is 1. The minimum atomic E-state index is -3.28. The molecule has 2 aliphatic rings. The number of nitrogens with zero attached hydrogens (tertiary/aromatic N) is 1. The van der Waals surface area contributed by atoms with Crippen LogP contribution in [0.15, 0.2) is 30.5 Å². The SMILES string of the molecule is [2H]C([2H])(O)[C@@H](NC(=O)[C@@H]1C=C2c3cccc4[nH]cc(c34)C[C@H]2N(C)C1)C([2H])([2H])C([2H])([2H])[2H]. The van der Waals surface area contributed by atoms with Crippen LogP contribution in [-0.4, -0.2) is 53.1 Å². The number of hydrogen-bond donors (Lipinski definition) is 3. The van der Waals surface area contributed by atoms with Gasteiger partial charge in [0.15, 0.2) is 0 Å². The lowest BCUT2D eigenvalue weighted by molar-refractivity contribution is -0.125. The van der Waals surface area contributed by atoms with E-state index in [1.165, 1.54) is 5.56 Å². The van der Waals surface area contributed by atoms with Crippen molar-refractivity contribution in [1.82, 2.24) is 15.2 Å². The Morgan fingerprint density at radius 2 is 2.48 bits per heavy atom. The first-order valence-corrected chi connectivity index (χ1v) is 8.26. The molecule has 0 saturated carbocycles. The second-order valence-electron chi connectivity index (χ2n) is 6.65. The Balaban J connectivity index is 1.68. The molecule has 1 aromatic heterocycles. The molecular weight excluding hydrogens is 314 g/mol. The maximum atomic E-state index is 13.1. The van der Waals surface area contributed by atoms with Crippen molar-refractivity contribution < 1.29 is 19.5 Å². The van der Waals surface area contributed by atoms with Gasteiger partial charge in [-0.05, 0) is 42.6 Å². The molecule has 1 aliphatic heterocycles. The number of fused-ring (bicyclic) bond motifs is 2. The van der Waals surface area contributed by atoms with E-state index in [0.717, 1.165) is 28.5 Å². The van der Waals surface area contributed by atoms with Crippen molar-refractivity contribution in [1.29, 1.82) is 0 Å². The molecule has 0 spiro atoms. The predicted molar refractivity (Wildman–Crippen MR) is 99.2 cm³/mol. The van der Waals surface area contributed by atoms with E-state index in [4.69, 9.17) is 9.60 Å². The van der Waals surface area contributed by atoms with Crippen molar-refractivity contribution >= 4 is 22.4 Å². The number of aliphatic hydroxyl groups is 1. The second-order valence-corrected chi connectivity index (χ2v) is 6.65. The van der Waals surface area contributed by atoms with Gasteiger partial charge >= 0.3 is 0 Å². The van der Waals surface area contributed by atoms with Gasteiger partial charge in [-0.3, -0.25) is 9.69 Å². The highest BCUT2D eigenvalue weighted by atomic mass is 16.3. The highest BCUT2D eigenvalue weighted by Crippen LogP contribution is 2.40. The van der Waals surface area contributed by atoms with Crippen LogP contribution in [0.25, 0.3) is 16.5 Å². The number of hydrogen-bond acceptors (Lipinski definition) is 3. The van der Waals surface area contributed by atoms with Gasteiger partial charge in [-0.15, -0.1) is 0 Å². The van der Waals surface area contributed by atoms with Crippen LogP contribution >= 0.6 is 0 Å². The molecule has 0 fully saturated rings. The van der Waals surface area contributed by atoms with Gasteiger partial charge in [-0.2, -0.15) is 0 Å². The third kappa shape index (κ3) is 2.68. The number of likely N-dealkylation sites (N-methyl/N-ethyl adjacent to an activating group) is 1. The maximum absolute atomic E-state index is 13.1. The Morgan fingerprint density at radius 3 is 3.28 bits per heavy atom. The zero-order valence-corrected chi connectivity index (χ0v) is 13.8. The number of nitrogens with one attached hydrogen (secondary N) is 2. The third-order valence-electron chi connectivity index (χ3n) is 5.17. The number of rotatable bonds is 4. The van der Waals surface area contributed by atoms with Crippen molar-refractivity contribution in [2.24, 2.45) is 5.92 Å². The molecule has 1 aliphatic carbocycles. The Labute approximate surface area is 157 Å². The van der Waals surface area contributed by atoms with Crippen molar-refractivity contribution in [3.63, 3.8) is 0 Å². The van der Waals surface area contributed by atoms with Gasteiger partial charge in [-0.25, -0.2) is 0 Å². The summed E-state index contributed by atoms with van der Waals surface area (Å²) in [7, 11) is 1.88. The van der Waals surface area contributed by atoms with E-state index in [1.807, 2.05) is 36.3 Å². The number of aromatic nitrogens is 1. The Hall–Kier alpha value is -2.11. The van der Waals surface area contributed by atoms with Crippen LogP contribution in [0.2, 0.25) is 0 Å². The Bertz CT molecular complexity index is 1090. The standard InChI is InChI=1S/C20H25N3O2/c1-3-14(11-24)22-20(25)13-7-16-15-5-4-6-17-19(15)12(9-21-17)8-18(16)23(2)10-13/h4-7,9,13-14,18,21,24H,3,8,10-11H2,1-2H3,(H,22,25)/t13-,14+,18-/m1/s1/i1D3,3D2,11D2. The van der Waals surface area contributed by atoms with Crippen LogP contribution in [-0.2, 0) is 11.2 Å². The lowest BCUT2D eigenvalue weighted by Crippen LogP contribution is -2.48. The largest absolute Gasteiger partial charge is 0.394 e. The van der Waals surface area contributed by atoms with Gasteiger partial charge in [0.05, 0.1) is 21.3 Å². The summed E-state index contributed by atoms with van der Waals surface area (Å²) in [6.07, 6.45) is 1.35. The predicted octanol–water partition coefficient (Wildman–Crippen LogP) is 1.92. The Morgan fingerprint density at radius 1 is 1.60 bits per heavy atom. The maximum Gasteiger partial charge on any atom is 0.228 e. The van der Waals surface area contributed by atoms with E-state index >= 15 is 0 Å². The molecule has 1 amide bonds. The molecule has 3 N–H and O–H groups in total. The van der Waals surface area contributed by atoms with Gasteiger partial charge in [-0.1, -0.05) is 25.1 Å². The highest BCUT2D eigenvalue weighted by Gasteiger charge is 2.35. The molecule has 3 atom stereocenters. The van der Waals surface area contributed by atoms with Crippen molar-refractivity contribution in [3.8, 4) is 0 Å². The molecule has 132 valence electrons. The minimum Gasteiger partial charge on any atom is -0.394 e. The number of carbonyl (C=O) groups is 1. The molecule has 0 saturated heterocycles. The summed E-state index contributed by atoms with van der Waals surface area (Å²) >= 11 is 0. The molecule has 5 nitrogen and oxygen atoms in total. The van der Waals surface area contributed by atoms with E-state index in [2.05, 4.69) is 10.3 Å². The first kappa shape index (κ1) is 10.1. The van der Waals surface area contributed by atoms with Crippen LogP contribution < -0.4 is 5.32 Å². The van der Waals surface area contributed by atoms with Crippen LogP contribution in [0, 0.1) is 5.92 Å². The summed E-state index contributed by atoms with van der Waals surface area (Å²) in [5.74, 6) is -1.52. The normalized spacial score (nSPS) is 29.7. The van der Waals surface area contributed by atoms with E-state index in [9.17, 15) is 9.90 Å². The number of benzene rings is 1. The summed E-state index contributed by atoms with van der Waals surface area (Å²) in [6, 6.07) is 3.65. The van der Waals surface area contributed by atoms with Crippen LogP contribution in [0.5, 0.6) is 0 Å². The van der Waals surface area contributed by atoms with Gasteiger partial charge < -0.3 is 15.4 Å². The molecule has 0 unspecified atom stereocenters. The lowest BCUT2D eigenvalue weighted by Gasteiger charge is -2.39. The zero-order valence-electron chi connectivity index (χ0n) is 20.8. The van der Waals surface area contributed by atoms with Crippen molar-refractivity contribution in [2.45, 2.75) is 31.7 Å². The fraction of sp³-hybridized carbons (Fsp3) is 0.450. The molecule has 25 heavy (non-hydrogen) atoms.